The number of carbonyl (C=O) groups is 2. The van der Waals surface area contributed by atoms with Gasteiger partial charge in [0.05, 0.1) is 12.2 Å². The van der Waals surface area contributed by atoms with Crippen molar-refractivity contribution in [3.05, 3.63) is 47.3 Å². The van der Waals surface area contributed by atoms with Crippen LogP contribution in [0.3, 0.4) is 0 Å². The van der Waals surface area contributed by atoms with Gasteiger partial charge in [-0.1, -0.05) is 6.07 Å². The third-order valence-corrected chi connectivity index (χ3v) is 3.63. The molecule has 0 saturated carbocycles. The SMILES string of the molecule is CNC(=O)c1cccc(NC(=O)N[C@@H](C)c2cnn(C)c2)c1C. The molecule has 2 aromatic rings. The minimum Gasteiger partial charge on any atom is -0.355 e. The van der Waals surface area contributed by atoms with E-state index < -0.39 is 0 Å². The Morgan fingerprint density at radius 3 is 2.65 bits per heavy atom. The lowest BCUT2D eigenvalue weighted by atomic mass is 10.1. The van der Waals surface area contributed by atoms with E-state index in [0.717, 1.165) is 11.1 Å². The average Bonchev–Trinajstić information content (AvgIpc) is 2.95. The van der Waals surface area contributed by atoms with Crippen molar-refractivity contribution >= 4 is 17.6 Å². The lowest BCUT2D eigenvalue weighted by molar-refractivity contribution is 0.0962. The highest BCUT2D eigenvalue weighted by Gasteiger charge is 2.14. The molecule has 0 aliphatic carbocycles. The quantitative estimate of drug-likeness (QED) is 0.806. The summed E-state index contributed by atoms with van der Waals surface area (Å²) in [7, 11) is 3.40. The first-order valence-corrected chi connectivity index (χ1v) is 7.30. The fraction of sp³-hybridized carbons (Fsp3) is 0.312. The first kappa shape index (κ1) is 16.5. The van der Waals surface area contributed by atoms with Crippen molar-refractivity contribution in [2.75, 3.05) is 12.4 Å². The van der Waals surface area contributed by atoms with Crippen LogP contribution in [0, 0.1) is 6.92 Å². The van der Waals surface area contributed by atoms with Crippen molar-refractivity contribution < 1.29 is 9.59 Å². The van der Waals surface area contributed by atoms with Crippen LogP contribution in [0.5, 0.6) is 0 Å². The standard InChI is InChI=1S/C16H21N5O2/c1-10-13(15(22)17-3)6-5-7-14(10)20-16(23)19-11(2)12-8-18-21(4)9-12/h5-9,11H,1-4H3,(H,17,22)(H2,19,20,23)/t11-/m0/s1. The maximum Gasteiger partial charge on any atom is 0.319 e. The molecule has 7 nitrogen and oxygen atoms in total. The number of aryl methyl sites for hydroxylation is 1. The van der Waals surface area contributed by atoms with E-state index in [0.29, 0.717) is 11.3 Å². The van der Waals surface area contributed by atoms with Gasteiger partial charge in [0.1, 0.15) is 0 Å². The molecule has 1 atom stereocenters. The second kappa shape index (κ2) is 6.95. The van der Waals surface area contributed by atoms with Gasteiger partial charge in [0.15, 0.2) is 0 Å². The zero-order valence-electron chi connectivity index (χ0n) is 13.7. The summed E-state index contributed by atoms with van der Waals surface area (Å²) in [4.78, 5) is 23.9. The largest absolute Gasteiger partial charge is 0.355 e. The summed E-state index contributed by atoms with van der Waals surface area (Å²) in [6.45, 7) is 3.68. The van der Waals surface area contributed by atoms with Gasteiger partial charge in [-0.3, -0.25) is 9.48 Å². The summed E-state index contributed by atoms with van der Waals surface area (Å²) in [5, 5.41) is 12.3. The van der Waals surface area contributed by atoms with E-state index in [2.05, 4.69) is 21.0 Å². The van der Waals surface area contributed by atoms with Crippen LogP contribution in [0.15, 0.2) is 30.6 Å². The minimum atomic E-state index is -0.335. The number of benzene rings is 1. The molecule has 23 heavy (non-hydrogen) atoms. The van der Waals surface area contributed by atoms with E-state index in [1.54, 1.807) is 43.0 Å². The van der Waals surface area contributed by atoms with Gasteiger partial charge >= 0.3 is 6.03 Å². The number of anilines is 1. The molecule has 122 valence electrons. The Morgan fingerprint density at radius 2 is 2.04 bits per heavy atom. The number of hydrogen-bond donors (Lipinski definition) is 3. The van der Waals surface area contributed by atoms with Crippen LogP contribution in [-0.2, 0) is 7.05 Å². The zero-order valence-corrected chi connectivity index (χ0v) is 13.7. The van der Waals surface area contributed by atoms with Gasteiger partial charge in [0.25, 0.3) is 5.91 Å². The van der Waals surface area contributed by atoms with Crippen molar-refractivity contribution in [3.8, 4) is 0 Å². The Hall–Kier alpha value is -2.83. The van der Waals surface area contributed by atoms with Crippen molar-refractivity contribution in [1.82, 2.24) is 20.4 Å². The number of hydrogen-bond acceptors (Lipinski definition) is 3. The fourth-order valence-corrected chi connectivity index (χ4v) is 2.25. The minimum absolute atomic E-state index is 0.175. The third kappa shape index (κ3) is 3.88. The molecule has 0 unspecified atom stereocenters. The summed E-state index contributed by atoms with van der Waals surface area (Å²) < 4.78 is 1.68. The Balaban J connectivity index is 2.07. The fourth-order valence-electron chi connectivity index (χ4n) is 2.25. The Kier molecular flexibility index (Phi) is 5.00. The second-order valence-corrected chi connectivity index (χ2v) is 5.32. The second-order valence-electron chi connectivity index (χ2n) is 5.32. The third-order valence-electron chi connectivity index (χ3n) is 3.63. The van der Waals surface area contributed by atoms with Gasteiger partial charge < -0.3 is 16.0 Å². The predicted octanol–water partition coefficient (Wildman–Crippen LogP) is 1.97. The Labute approximate surface area is 135 Å². The van der Waals surface area contributed by atoms with E-state index >= 15 is 0 Å². The van der Waals surface area contributed by atoms with Crippen molar-refractivity contribution in [2.45, 2.75) is 19.9 Å². The first-order valence-electron chi connectivity index (χ1n) is 7.30. The molecule has 0 aliphatic heterocycles. The van der Waals surface area contributed by atoms with Crippen molar-refractivity contribution in [3.63, 3.8) is 0 Å². The topological polar surface area (TPSA) is 88.1 Å². The molecule has 7 heteroatoms. The van der Waals surface area contributed by atoms with Crippen LogP contribution in [0.4, 0.5) is 10.5 Å². The van der Waals surface area contributed by atoms with Crippen LogP contribution in [0.25, 0.3) is 0 Å². The van der Waals surface area contributed by atoms with Gasteiger partial charge in [-0.15, -0.1) is 0 Å². The zero-order chi connectivity index (χ0) is 17.0. The van der Waals surface area contributed by atoms with E-state index in [4.69, 9.17) is 0 Å². The molecule has 3 amide bonds. The van der Waals surface area contributed by atoms with Crippen LogP contribution in [0.1, 0.15) is 34.5 Å². The molecule has 1 heterocycles. The summed E-state index contributed by atoms with van der Waals surface area (Å²) in [6.07, 6.45) is 3.56. The summed E-state index contributed by atoms with van der Waals surface area (Å²) in [5.41, 5.74) is 2.77. The van der Waals surface area contributed by atoms with Crippen LogP contribution in [0.2, 0.25) is 0 Å². The molecule has 0 radical (unpaired) electrons. The van der Waals surface area contributed by atoms with Gasteiger partial charge in [-0.25, -0.2) is 4.79 Å². The molecule has 0 fully saturated rings. The number of aromatic nitrogens is 2. The molecule has 0 spiro atoms. The maximum absolute atomic E-state index is 12.2. The highest BCUT2D eigenvalue weighted by Crippen LogP contribution is 2.19. The Bertz CT molecular complexity index is 723. The molecule has 2 rings (SSSR count). The van der Waals surface area contributed by atoms with Crippen molar-refractivity contribution in [2.24, 2.45) is 7.05 Å². The summed E-state index contributed by atoms with van der Waals surface area (Å²) >= 11 is 0. The highest BCUT2D eigenvalue weighted by atomic mass is 16.2. The van der Waals surface area contributed by atoms with E-state index in [1.165, 1.54) is 0 Å². The van der Waals surface area contributed by atoms with E-state index in [-0.39, 0.29) is 18.0 Å². The number of carbonyl (C=O) groups excluding carboxylic acids is 2. The smallest absolute Gasteiger partial charge is 0.319 e. The van der Waals surface area contributed by atoms with Gasteiger partial charge in [0.2, 0.25) is 0 Å². The van der Waals surface area contributed by atoms with Gasteiger partial charge in [0, 0.05) is 37.1 Å². The average molecular weight is 315 g/mol. The van der Waals surface area contributed by atoms with Crippen LogP contribution >= 0.6 is 0 Å². The molecule has 0 saturated heterocycles. The molecule has 1 aromatic heterocycles. The first-order chi connectivity index (χ1) is 10.9. The molecule has 3 N–H and O–H groups in total. The van der Waals surface area contributed by atoms with E-state index in [9.17, 15) is 9.59 Å². The molecule has 0 aliphatic rings. The lowest BCUT2D eigenvalue weighted by Crippen LogP contribution is -2.31. The Morgan fingerprint density at radius 1 is 1.30 bits per heavy atom. The highest BCUT2D eigenvalue weighted by molar-refractivity contribution is 5.98. The normalized spacial score (nSPS) is 11.7. The molecular formula is C16H21N5O2. The number of amides is 3. The number of nitrogens with zero attached hydrogens (tertiary/aromatic N) is 2. The lowest BCUT2D eigenvalue weighted by Gasteiger charge is -2.15. The van der Waals surface area contributed by atoms with Gasteiger partial charge in [-0.2, -0.15) is 5.10 Å². The number of rotatable bonds is 4. The molecule has 0 bridgehead atoms. The van der Waals surface area contributed by atoms with Gasteiger partial charge in [-0.05, 0) is 31.5 Å². The monoisotopic (exact) mass is 315 g/mol. The van der Waals surface area contributed by atoms with Crippen LogP contribution in [-0.4, -0.2) is 28.8 Å². The summed E-state index contributed by atoms with van der Waals surface area (Å²) in [6, 6.07) is 4.70. The maximum atomic E-state index is 12.2. The predicted molar refractivity (Wildman–Crippen MR) is 88.3 cm³/mol. The summed E-state index contributed by atoms with van der Waals surface area (Å²) in [5.74, 6) is -0.185. The number of urea groups is 1. The van der Waals surface area contributed by atoms with Crippen LogP contribution < -0.4 is 16.0 Å². The molecular weight excluding hydrogens is 294 g/mol. The molecule has 1 aromatic carbocycles. The van der Waals surface area contributed by atoms with Crippen molar-refractivity contribution in [1.29, 1.82) is 0 Å². The number of nitrogens with one attached hydrogen (secondary N) is 3. The van der Waals surface area contributed by atoms with E-state index in [1.807, 2.05) is 20.2 Å².